The van der Waals surface area contributed by atoms with E-state index in [0.29, 0.717) is 15.2 Å². The molecule has 0 atom stereocenters. The number of thioether (sulfide) groups is 1. The second kappa shape index (κ2) is 8.49. The first-order chi connectivity index (χ1) is 13.8. The van der Waals surface area contributed by atoms with Gasteiger partial charge in [-0.25, -0.2) is 4.79 Å². The SMILES string of the molecule is COc1cccc(Nc2nnc(SCC(=O)c3c(N)n(C)c(=O)n(C)c3=O)s2)c1. The van der Waals surface area contributed by atoms with Crippen molar-refractivity contribution < 1.29 is 9.53 Å². The highest BCUT2D eigenvalue weighted by Crippen LogP contribution is 2.29. The van der Waals surface area contributed by atoms with Gasteiger partial charge >= 0.3 is 5.69 Å². The molecule has 12 heteroatoms. The molecule has 1 aromatic carbocycles. The summed E-state index contributed by atoms with van der Waals surface area (Å²) >= 11 is 2.40. The predicted molar refractivity (Wildman–Crippen MR) is 113 cm³/mol. The second-order valence-electron chi connectivity index (χ2n) is 5.91. The van der Waals surface area contributed by atoms with Gasteiger partial charge in [0.15, 0.2) is 10.1 Å². The van der Waals surface area contributed by atoms with Crippen molar-refractivity contribution in [2.75, 3.05) is 23.9 Å². The Balaban J connectivity index is 1.71. The lowest BCUT2D eigenvalue weighted by Crippen LogP contribution is -2.41. The molecule has 10 nitrogen and oxygen atoms in total. The third kappa shape index (κ3) is 4.32. The number of Topliss-reactive ketones (excluding diaryl/α,β-unsaturated/α-hetero) is 1. The van der Waals surface area contributed by atoms with Crippen LogP contribution in [-0.2, 0) is 14.1 Å². The van der Waals surface area contributed by atoms with Crippen LogP contribution in [0.3, 0.4) is 0 Å². The first-order valence-corrected chi connectivity index (χ1v) is 10.1. The number of nitrogen functional groups attached to an aromatic ring is 1. The molecule has 0 radical (unpaired) electrons. The van der Waals surface area contributed by atoms with Crippen LogP contribution in [0.25, 0.3) is 0 Å². The Hall–Kier alpha value is -3.12. The van der Waals surface area contributed by atoms with Crippen LogP contribution in [-0.4, -0.2) is 38.0 Å². The Bertz CT molecular complexity index is 1180. The fourth-order valence-corrected chi connectivity index (χ4v) is 4.11. The number of benzene rings is 1. The van der Waals surface area contributed by atoms with Gasteiger partial charge in [0.2, 0.25) is 5.13 Å². The summed E-state index contributed by atoms with van der Waals surface area (Å²) in [7, 11) is 4.29. The third-order valence-corrected chi connectivity index (χ3v) is 6.01. The molecular formula is C17H18N6O4S2. The number of ether oxygens (including phenoxy) is 1. The quantitative estimate of drug-likeness (QED) is 0.416. The van der Waals surface area contributed by atoms with Crippen LogP contribution in [0.4, 0.5) is 16.6 Å². The molecular weight excluding hydrogens is 416 g/mol. The van der Waals surface area contributed by atoms with Crippen molar-refractivity contribution in [1.82, 2.24) is 19.3 Å². The molecule has 2 heterocycles. The number of nitrogens with zero attached hydrogens (tertiary/aromatic N) is 4. The second-order valence-corrected chi connectivity index (χ2v) is 8.11. The third-order valence-electron chi connectivity index (χ3n) is 4.04. The van der Waals surface area contributed by atoms with Crippen molar-refractivity contribution in [2.24, 2.45) is 14.1 Å². The molecule has 0 saturated carbocycles. The summed E-state index contributed by atoms with van der Waals surface area (Å²) < 4.78 is 7.65. The summed E-state index contributed by atoms with van der Waals surface area (Å²) in [6, 6.07) is 7.34. The molecule has 0 saturated heterocycles. The number of rotatable bonds is 7. The number of hydrogen-bond acceptors (Lipinski definition) is 10. The van der Waals surface area contributed by atoms with Gasteiger partial charge < -0.3 is 15.8 Å². The molecule has 3 N–H and O–H groups in total. The van der Waals surface area contributed by atoms with Gasteiger partial charge in [0, 0.05) is 25.8 Å². The topological polar surface area (TPSA) is 134 Å². The van der Waals surface area contributed by atoms with Gasteiger partial charge in [-0.3, -0.25) is 18.7 Å². The van der Waals surface area contributed by atoms with Gasteiger partial charge in [0.25, 0.3) is 5.56 Å². The van der Waals surface area contributed by atoms with Gasteiger partial charge in [0.05, 0.1) is 12.9 Å². The summed E-state index contributed by atoms with van der Waals surface area (Å²) in [6.45, 7) is 0. The van der Waals surface area contributed by atoms with Crippen molar-refractivity contribution in [3.8, 4) is 5.75 Å². The lowest BCUT2D eigenvalue weighted by Gasteiger charge is -2.10. The van der Waals surface area contributed by atoms with E-state index < -0.39 is 17.0 Å². The molecule has 3 aromatic rings. The molecule has 0 aliphatic heterocycles. The van der Waals surface area contributed by atoms with Gasteiger partial charge in [-0.05, 0) is 12.1 Å². The van der Waals surface area contributed by atoms with E-state index in [9.17, 15) is 14.4 Å². The molecule has 0 unspecified atom stereocenters. The van der Waals surface area contributed by atoms with Gasteiger partial charge in [-0.2, -0.15) is 0 Å². The minimum absolute atomic E-state index is 0.0641. The largest absolute Gasteiger partial charge is 0.497 e. The van der Waals surface area contributed by atoms with Crippen LogP contribution in [0.1, 0.15) is 10.4 Å². The highest BCUT2D eigenvalue weighted by atomic mass is 32.2. The van der Waals surface area contributed by atoms with Crippen LogP contribution in [0.5, 0.6) is 5.75 Å². The van der Waals surface area contributed by atoms with Crippen LogP contribution in [0.15, 0.2) is 38.2 Å². The van der Waals surface area contributed by atoms with Crippen LogP contribution in [0.2, 0.25) is 0 Å². The zero-order chi connectivity index (χ0) is 21.1. The van der Waals surface area contributed by atoms with Gasteiger partial charge in [-0.1, -0.05) is 29.2 Å². The van der Waals surface area contributed by atoms with E-state index >= 15 is 0 Å². The number of hydrogen-bond donors (Lipinski definition) is 2. The standard InChI is InChI=1S/C17H18N6O4S2/c1-22-13(18)12(14(25)23(2)17(22)26)11(24)8-28-16-21-20-15(29-16)19-9-5-4-6-10(7-9)27-3/h4-7H,8,18H2,1-3H3,(H,19,20). The fraction of sp³-hybridized carbons (Fsp3) is 0.235. The van der Waals surface area contributed by atoms with E-state index in [0.717, 1.165) is 26.6 Å². The zero-order valence-electron chi connectivity index (χ0n) is 15.8. The Kier molecular flexibility index (Phi) is 6.03. The molecule has 152 valence electrons. The Morgan fingerprint density at radius 1 is 1.28 bits per heavy atom. The maximum absolute atomic E-state index is 12.5. The van der Waals surface area contributed by atoms with Crippen molar-refractivity contribution in [2.45, 2.75) is 4.34 Å². The highest BCUT2D eigenvalue weighted by molar-refractivity contribution is 8.01. The molecule has 0 spiro atoms. The summed E-state index contributed by atoms with van der Waals surface area (Å²) in [5.74, 6) is 0.00418. The fourth-order valence-electron chi connectivity index (χ4n) is 2.46. The Labute approximate surface area is 173 Å². The first kappa shape index (κ1) is 20.6. The summed E-state index contributed by atoms with van der Waals surface area (Å²) in [6.07, 6.45) is 0. The highest BCUT2D eigenvalue weighted by Gasteiger charge is 2.20. The van der Waals surface area contributed by atoms with E-state index in [1.807, 2.05) is 24.3 Å². The van der Waals surface area contributed by atoms with E-state index in [2.05, 4.69) is 15.5 Å². The van der Waals surface area contributed by atoms with E-state index in [-0.39, 0.29) is 17.1 Å². The maximum atomic E-state index is 12.5. The normalized spacial score (nSPS) is 10.7. The average Bonchev–Trinajstić information content (AvgIpc) is 3.16. The summed E-state index contributed by atoms with van der Waals surface area (Å²) in [4.78, 5) is 36.7. The molecule has 0 aliphatic rings. The van der Waals surface area contributed by atoms with Crippen molar-refractivity contribution in [3.63, 3.8) is 0 Å². The number of carbonyl (C=O) groups excluding carboxylic acids is 1. The van der Waals surface area contributed by atoms with Gasteiger partial charge in [0.1, 0.15) is 17.1 Å². The van der Waals surface area contributed by atoms with E-state index in [1.54, 1.807) is 7.11 Å². The van der Waals surface area contributed by atoms with Crippen molar-refractivity contribution in [1.29, 1.82) is 0 Å². The molecule has 0 fully saturated rings. The van der Waals surface area contributed by atoms with Crippen LogP contribution < -0.4 is 27.0 Å². The maximum Gasteiger partial charge on any atom is 0.332 e. The monoisotopic (exact) mass is 434 g/mol. The number of nitrogens with one attached hydrogen (secondary N) is 1. The molecule has 2 aromatic heterocycles. The van der Waals surface area contributed by atoms with Crippen LogP contribution >= 0.6 is 23.1 Å². The van der Waals surface area contributed by atoms with Crippen LogP contribution in [0, 0.1) is 0 Å². The minimum atomic E-state index is -0.714. The number of anilines is 3. The Morgan fingerprint density at radius 2 is 2.03 bits per heavy atom. The van der Waals surface area contributed by atoms with Gasteiger partial charge in [-0.15, -0.1) is 10.2 Å². The molecule has 0 amide bonds. The number of aromatic nitrogens is 4. The summed E-state index contributed by atoms with van der Waals surface area (Å²) in [5, 5.41) is 11.7. The first-order valence-electron chi connectivity index (χ1n) is 8.28. The van der Waals surface area contributed by atoms with Crippen molar-refractivity contribution in [3.05, 3.63) is 50.7 Å². The number of ketones is 1. The smallest absolute Gasteiger partial charge is 0.332 e. The molecule has 0 aliphatic carbocycles. The average molecular weight is 435 g/mol. The molecule has 3 rings (SSSR count). The lowest BCUT2D eigenvalue weighted by molar-refractivity contribution is 0.102. The number of methoxy groups -OCH3 is 1. The number of nitrogens with two attached hydrogens (primary N) is 1. The summed E-state index contributed by atoms with van der Waals surface area (Å²) in [5.41, 5.74) is 5.09. The zero-order valence-corrected chi connectivity index (χ0v) is 17.5. The Morgan fingerprint density at radius 3 is 2.76 bits per heavy atom. The lowest BCUT2D eigenvalue weighted by atomic mass is 10.2. The minimum Gasteiger partial charge on any atom is -0.497 e. The number of carbonyl (C=O) groups is 1. The van der Waals surface area contributed by atoms with E-state index in [4.69, 9.17) is 10.5 Å². The molecule has 29 heavy (non-hydrogen) atoms. The van der Waals surface area contributed by atoms with Crippen molar-refractivity contribution >= 4 is 45.5 Å². The van der Waals surface area contributed by atoms with E-state index in [1.165, 1.54) is 25.4 Å². The predicted octanol–water partition coefficient (Wildman–Crippen LogP) is 1.24. The molecule has 0 bridgehead atoms.